The fourth-order valence-electron chi connectivity index (χ4n) is 4.89. The van der Waals surface area contributed by atoms with Gasteiger partial charge < -0.3 is 53.6 Å². The van der Waals surface area contributed by atoms with Crippen LogP contribution in [-0.4, -0.2) is 151 Å². The molecule has 2 N–H and O–H groups in total. The minimum absolute atomic E-state index is 0.0554. The van der Waals surface area contributed by atoms with Gasteiger partial charge in [0.05, 0.1) is 91.9 Å². The monoisotopic (exact) mass is 744 g/mol. The summed E-state index contributed by atoms with van der Waals surface area (Å²) < 4.78 is 77.7. The van der Waals surface area contributed by atoms with Gasteiger partial charge in [0.25, 0.3) is 5.91 Å². The predicted octanol–water partition coefficient (Wildman–Crippen LogP) is 3.47. The maximum atomic E-state index is 13.2. The Morgan fingerprint density at radius 1 is 0.788 bits per heavy atom. The number of aromatic nitrogens is 2. The molecule has 0 atom stereocenters. The zero-order valence-electron chi connectivity index (χ0n) is 30.1. The van der Waals surface area contributed by atoms with Gasteiger partial charge >= 0.3 is 6.18 Å². The van der Waals surface area contributed by atoms with Crippen LogP contribution in [0, 0.1) is 0 Å². The highest BCUT2D eigenvalue weighted by Gasteiger charge is 2.35. The summed E-state index contributed by atoms with van der Waals surface area (Å²) in [6.45, 7) is 9.29. The lowest BCUT2D eigenvalue weighted by atomic mass is 10.1. The van der Waals surface area contributed by atoms with Crippen molar-refractivity contribution in [1.29, 1.82) is 0 Å². The highest BCUT2D eigenvalue weighted by molar-refractivity contribution is 5.95. The Balaban J connectivity index is 1.25. The Bertz CT molecular complexity index is 1350. The second kappa shape index (κ2) is 23.7. The fourth-order valence-corrected chi connectivity index (χ4v) is 4.89. The number of hydrogen-bond acceptors (Lipinski definition) is 13. The molecule has 2 amide bonds. The van der Waals surface area contributed by atoms with Crippen molar-refractivity contribution < 1.29 is 55.9 Å². The van der Waals surface area contributed by atoms with E-state index in [1.54, 1.807) is 21.9 Å². The van der Waals surface area contributed by atoms with Crippen molar-refractivity contribution >= 4 is 29.3 Å². The number of piperazine rings is 1. The molecule has 3 rings (SSSR count). The van der Waals surface area contributed by atoms with E-state index in [1.807, 2.05) is 0 Å². The van der Waals surface area contributed by atoms with E-state index in [0.29, 0.717) is 110 Å². The van der Waals surface area contributed by atoms with Crippen LogP contribution in [0.4, 0.5) is 30.6 Å². The van der Waals surface area contributed by atoms with E-state index in [0.717, 1.165) is 13.0 Å². The predicted molar refractivity (Wildman–Crippen MR) is 185 cm³/mol. The standard InChI is InChI=1S/C34H51F3N6O9/c1-4-12-47-14-16-49-18-20-51-22-23-52-21-19-50-17-15-48-13-7-30(44)42-8-10-43(11-9-42)32(45)26-5-6-28(29(24-26)46-3)40-33-39-25-27(34(35,36)37)31(38-2)41-33/h5-6,24-25H,4,7-23H2,1-3H3,(H2,38,39,40,41). The van der Waals surface area contributed by atoms with Crippen molar-refractivity contribution in [2.24, 2.45) is 0 Å². The van der Waals surface area contributed by atoms with Gasteiger partial charge in [-0.3, -0.25) is 9.59 Å². The number of nitrogens with zero attached hydrogens (tertiary/aromatic N) is 4. The van der Waals surface area contributed by atoms with Crippen LogP contribution in [0.2, 0.25) is 0 Å². The topological polar surface area (TPSA) is 155 Å². The Kier molecular flexibility index (Phi) is 19.4. The first-order chi connectivity index (χ1) is 25.2. The third-order valence-corrected chi connectivity index (χ3v) is 7.61. The van der Waals surface area contributed by atoms with Crippen LogP contribution in [0.5, 0.6) is 5.75 Å². The molecule has 1 aromatic heterocycles. The molecule has 0 bridgehead atoms. The van der Waals surface area contributed by atoms with Gasteiger partial charge in [0.15, 0.2) is 0 Å². The molecule has 15 nitrogen and oxygen atoms in total. The lowest BCUT2D eigenvalue weighted by molar-refractivity contribution is -0.137. The molecule has 1 aliphatic heterocycles. The number of anilines is 3. The number of ether oxygens (including phenoxy) is 7. The molecule has 1 fully saturated rings. The average molecular weight is 745 g/mol. The number of carbonyl (C=O) groups is 2. The number of halogens is 3. The van der Waals surface area contributed by atoms with Crippen LogP contribution in [-0.2, 0) is 39.4 Å². The van der Waals surface area contributed by atoms with Gasteiger partial charge in [-0.05, 0) is 24.6 Å². The highest BCUT2D eigenvalue weighted by atomic mass is 19.4. The van der Waals surface area contributed by atoms with Crippen LogP contribution >= 0.6 is 0 Å². The molecule has 18 heteroatoms. The Morgan fingerprint density at radius 3 is 1.81 bits per heavy atom. The summed E-state index contributed by atoms with van der Waals surface area (Å²) in [5, 5.41) is 5.26. The second-order valence-electron chi connectivity index (χ2n) is 11.3. The van der Waals surface area contributed by atoms with Crippen LogP contribution in [0.25, 0.3) is 0 Å². The van der Waals surface area contributed by atoms with Crippen LogP contribution < -0.4 is 15.4 Å². The first kappa shape index (κ1) is 42.6. The average Bonchev–Trinajstić information content (AvgIpc) is 3.15. The molecule has 1 aromatic carbocycles. The lowest BCUT2D eigenvalue weighted by Crippen LogP contribution is -2.50. The number of rotatable bonds is 25. The van der Waals surface area contributed by atoms with Crippen LogP contribution in [0.15, 0.2) is 24.4 Å². The number of amides is 2. The third kappa shape index (κ3) is 15.0. The van der Waals surface area contributed by atoms with E-state index in [-0.39, 0.29) is 42.4 Å². The summed E-state index contributed by atoms with van der Waals surface area (Å²) >= 11 is 0. The normalized spacial score (nSPS) is 13.3. The minimum Gasteiger partial charge on any atom is -0.495 e. The number of nitrogens with one attached hydrogen (secondary N) is 2. The van der Waals surface area contributed by atoms with Gasteiger partial charge in [0.1, 0.15) is 17.1 Å². The molecule has 2 aromatic rings. The maximum Gasteiger partial charge on any atom is 0.421 e. The van der Waals surface area contributed by atoms with Crippen molar-refractivity contribution in [2.45, 2.75) is 25.9 Å². The molecular formula is C34H51F3N6O9. The number of hydrogen-bond donors (Lipinski definition) is 2. The van der Waals surface area contributed by atoms with E-state index >= 15 is 0 Å². The summed E-state index contributed by atoms with van der Waals surface area (Å²) in [7, 11) is 2.74. The molecule has 0 radical (unpaired) electrons. The summed E-state index contributed by atoms with van der Waals surface area (Å²) in [6.07, 6.45) is -2.71. The number of methoxy groups -OCH3 is 1. The summed E-state index contributed by atoms with van der Waals surface area (Å²) in [6, 6.07) is 4.66. The highest BCUT2D eigenvalue weighted by Crippen LogP contribution is 2.34. The fraction of sp³-hybridized carbons (Fsp3) is 0.647. The Labute approximate surface area is 302 Å². The first-order valence-electron chi connectivity index (χ1n) is 17.3. The van der Waals surface area contributed by atoms with Gasteiger partial charge in [-0.1, -0.05) is 6.92 Å². The van der Waals surface area contributed by atoms with Crippen molar-refractivity contribution in [2.75, 3.05) is 130 Å². The quantitative estimate of drug-likeness (QED) is 0.143. The Morgan fingerprint density at radius 2 is 1.31 bits per heavy atom. The van der Waals surface area contributed by atoms with Crippen molar-refractivity contribution in [3.63, 3.8) is 0 Å². The molecule has 1 saturated heterocycles. The van der Waals surface area contributed by atoms with Gasteiger partial charge in [-0.15, -0.1) is 0 Å². The summed E-state index contributed by atoms with van der Waals surface area (Å²) in [5.41, 5.74) is -0.287. The van der Waals surface area contributed by atoms with E-state index in [9.17, 15) is 22.8 Å². The molecule has 0 unspecified atom stereocenters. The van der Waals surface area contributed by atoms with Gasteiger partial charge in [-0.25, -0.2) is 4.98 Å². The van der Waals surface area contributed by atoms with E-state index < -0.39 is 11.7 Å². The molecule has 2 heterocycles. The van der Waals surface area contributed by atoms with Crippen molar-refractivity contribution in [3.8, 4) is 5.75 Å². The van der Waals surface area contributed by atoms with E-state index in [2.05, 4.69) is 27.5 Å². The second-order valence-corrected chi connectivity index (χ2v) is 11.3. The summed E-state index contributed by atoms with van der Waals surface area (Å²) in [5.74, 6) is -0.497. The van der Waals surface area contributed by atoms with Crippen molar-refractivity contribution in [1.82, 2.24) is 19.8 Å². The van der Waals surface area contributed by atoms with Crippen molar-refractivity contribution in [3.05, 3.63) is 35.5 Å². The first-order valence-corrected chi connectivity index (χ1v) is 17.3. The smallest absolute Gasteiger partial charge is 0.421 e. The van der Waals surface area contributed by atoms with Gasteiger partial charge in [-0.2, -0.15) is 18.2 Å². The van der Waals surface area contributed by atoms with Crippen LogP contribution in [0.1, 0.15) is 35.7 Å². The molecule has 0 spiro atoms. The minimum atomic E-state index is -4.62. The number of alkyl halides is 3. The molecule has 1 aliphatic rings. The zero-order valence-corrected chi connectivity index (χ0v) is 30.1. The summed E-state index contributed by atoms with van der Waals surface area (Å²) in [4.78, 5) is 37.0. The van der Waals surface area contributed by atoms with E-state index in [1.165, 1.54) is 20.2 Å². The molecule has 52 heavy (non-hydrogen) atoms. The number of benzene rings is 1. The zero-order chi connectivity index (χ0) is 37.6. The van der Waals surface area contributed by atoms with Gasteiger partial charge in [0, 0.05) is 51.6 Å². The third-order valence-electron chi connectivity index (χ3n) is 7.61. The molecule has 0 saturated carbocycles. The van der Waals surface area contributed by atoms with E-state index in [4.69, 9.17) is 33.2 Å². The lowest BCUT2D eigenvalue weighted by Gasteiger charge is -2.35. The maximum absolute atomic E-state index is 13.2. The van der Waals surface area contributed by atoms with Crippen LogP contribution in [0.3, 0.4) is 0 Å². The molecule has 0 aliphatic carbocycles. The SMILES string of the molecule is CCCOCCOCCOCCOCCOCCOCCC(=O)N1CCN(C(=O)c2ccc(Nc3ncc(C(F)(F)F)c(NC)n3)c(OC)c2)CC1. The molecular weight excluding hydrogens is 693 g/mol. The Hall–Kier alpha value is -3.81. The number of carbonyl (C=O) groups excluding carboxylic acids is 2. The van der Waals surface area contributed by atoms with Gasteiger partial charge in [0.2, 0.25) is 11.9 Å². The molecule has 292 valence electrons. The largest absolute Gasteiger partial charge is 0.495 e.